The van der Waals surface area contributed by atoms with E-state index in [1.54, 1.807) is 12.1 Å². The number of fused-ring (bicyclic) bond motifs is 12. The summed E-state index contributed by atoms with van der Waals surface area (Å²) in [5, 5.41) is 36.9. The van der Waals surface area contributed by atoms with E-state index in [-0.39, 0.29) is 34.0 Å². The molecule has 0 aliphatic carbocycles. The Morgan fingerprint density at radius 1 is 0.500 bits per heavy atom. The van der Waals surface area contributed by atoms with Crippen molar-refractivity contribution >= 4 is 82.0 Å². The highest BCUT2D eigenvalue weighted by Gasteiger charge is 2.24. The van der Waals surface area contributed by atoms with E-state index in [2.05, 4.69) is 30.6 Å². The maximum absolute atomic E-state index is 10.1. The van der Waals surface area contributed by atoms with Gasteiger partial charge in [0.25, 0.3) is 0 Å². The average Bonchev–Trinajstić information content (AvgIpc) is 3.05. The molecule has 0 radical (unpaired) electrons. The van der Waals surface area contributed by atoms with Crippen molar-refractivity contribution in [3.63, 3.8) is 0 Å². The van der Waals surface area contributed by atoms with Crippen LogP contribution in [0.2, 0.25) is 0 Å². The molecule has 0 bridgehead atoms. The highest BCUT2D eigenvalue weighted by molar-refractivity contribution is 6.39. The fraction of sp³-hybridized carbons (Fsp3) is 0. The van der Waals surface area contributed by atoms with Crippen molar-refractivity contribution in [3.05, 3.63) is 112 Å². The first-order valence-electron chi connectivity index (χ1n) is 12.5. The predicted octanol–water partition coefficient (Wildman–Crippen LogP) is 8.66. The van der Waals surface area contributed by atoms with Gasteiger partial charge < -0.3 is 0 Å². The lowest BCUT2D eigenvalue weighted by atomic mass is 9.88. The summed E-state index contributed by atoms with van der Waals surface area (Å²) in [6.07, 6.45) is 0. The van der Waals surface area contributed by atoms with Crippen LogP contribution < -0.4 is 0 Å². The molecular formula is C34H10N8. The average molecular weight is 531 g/mol. The molecule has 0 aliphatic heterocycles. The van der Waals surface area contributed by atoms with Gasteiger partial charge in [-0.2, -0.15) is 15.8 Å². The van der Waals surface area contributed by atoms with Crippen LogP contribution in [0.4, 0.5) is 17.1 Å². The van der Waals surface area contributed by atoms with Crippen molar-refractivity contribution < 1.29 is 0 Å². The topological polar surface area (TPSA) is 110 Å². The Morgan fingerprint density at radius 2 is 1.02 bits per heavy atom. The van der Waals surface area contributed by atoms with E-state index in [1.165, 1.54) is 0 Å². The zero-order chi connectivity index (χ0) is 29.1. The Labute approximate surface area is 237 Å². The number of aromatic nitrogens is 2. The molecule has 8 heteroatoms. The number of rotatable bonds is 0. The van der Waals surface area contributed by atoms with E-state index in [0.717, 1.165) is 32.3 Å². The fourth-order valence-electron chi connectivity index (χ4n) is 5.95. The molecule has 0 aliphatic rings. The second kappa shape index (κ2) is 8.71. The van der Waals surface area contributed by atoms with Crippen molar-refractivity contribution in [2.24, 2.45) is 0 Å². The first-order chi connectivity index (χ1) is 20.6. The number of nitrogens with zero attached hydrogens (tertiary/aromatic N) is 8. The van der Waals surface area contributed by atoms with Crippen LogP contribution in [0.1, 0.15) is 17.0 Å². The first-order valence-corrected chi connectivity index (χ1v) is 12.5. The summed E-state index contributed by atoms with van der Waals surface area (Å²) in [6.45, 7) is 23.3. The standard InChI is InChI=1S/C34H10N8/c1-38-30-23-13-22-24(12-21(23)25(14-35)31(39-2)34(30)40-3)32-33(42-27(16-37)26(15-36)41-32)29-20-11-7-5-9-18(20)17-8-4-6-10-19(17)28(22)29/h4-13H. The fourth-order valence-corrected chi connectivity index (χ4v) is 5.95. The molecule has 0 fully saturated rings. The number of benzene rings is 6. The predicted molar refractivity (Wildman–Crippen MR) is 160 cm³/mol. The minimum atomic E-state index is -0.178. The van der Waals surface area contributed by atoms with Crippen molar-refractivity contribution in [1.82, 2.24) is 9.97 Å². The van der Waals surface area contributed by atoms with Gasteiger partial charge in [0.05, 0.1) is 42.4 Å². The number of hydrogen-bond donors (Lipinski definition) is 0. The Morgan fingerprint density at radius 3 is 1.57 bits per heavy atom. The van der Waals surface area contributed by atoms with E-state index in [1.807, 2.05) is 60.7 Å². The smallest absolute Gasteiger partial charge is 0.202 e. The summed E-state index contributed by atoms with van der Waals surface area (Å²) in [5.41, 5.74) is 0.171. The SMILES string of the molecule is [C-]#[N+]c1c([N+]#[C-])c([N+]#[C-])c2cc3c(cc2c1C#N)c1nc(C#N)c(C#N)nc1c1c2ccccc2c2ccccc2c31. The molecule has 1 heterocycles. The van der Waals surface area contributed by atoms with Gasteiger partial charge >= 0.3 is 0 Å². The highest BCUT2D eigenvalue weighted by Crippen LogP contribution is 2.50. The third kappa shape index (κ3) is 2.93. The van der Waals surface area contributed by atoms with Crippen LogP contribution in [-0.2, 0) is 0 Å². The molecule has 42 heavy (non-hydrogen) atoms. The Kier molecular flexibility index (Phi) is 4.97. The molecule has 186 valence electrons. The van der Waals surface area contributed by atoms with Gasteiger partial charge in [-0.15, -0.1) is 0 Å². The molecule has 0 amide bonds. The third-order valence-corrected chi connectivity index (χ3v) is 7.62. The summed E-state index contributed by atoms with van der Waals surface area (Å²) in [4.78, 5) is 19.9. The van der Waals surface area contributed by atoms with Crippen molar-refractivity contribution in [2.45, 2.75) is 0 Å². The van der Waals surface area contributed by atoms with Gasteiger partial charge in [0.2, 0.25) is 11.4 Å². The molecule has 6 aromatic carbocycles. The lowest BCUT2D eigenvalue weighted by molar-refractivity contribution is 1.21. The van der Waals surface area contributed by atoms with Crippen LogP contribution in [-0.4, -0.2) is 9.97 Å². The monoisotopic (exact) mass is 530 g/mol. The molecular weight excluding hydrogens is 520 g/mol. The van der Waals surface area contributed by atoms with Crippen LogP contribution in [0.3, 0.4) is 0 Å². The lowest BCUT2D eigenvalue weighted by Crippen LogP contribution is -1.99. The Balaban J connectivity index is 1.93. The van der Waals surface area contributed by atoms with E-state index < -0.39 is 0 Å². The zero-order valence-electron chi connectivity index (χ0n) is 21.4. The van der Waals surface area contributed by atoms with Gasteiger partial charge in [0.1, 0.15) is 12.1 Å². The summed E-state index contributed by atoms with van der Waals surface area (Å²) in [5.74, 6) is 0. The molecule has 7 rings (SSSR count). The number of hydrogen-bond acceptors (Lipinski definition) is 5. The summed E-state index contributed by atoms with van der Waals surface area (Å²) in [7, 11) is 0. The minimum absolute atomic E-state index is 0.00568. The van der Waals surface area contributed by atoms with Gasteiger partial charge in [-0.05, 0) is 43.8 Å². The van der Waals surface area contributed by atoms with E-state index in [9.17, 15) is 15.8 Å². The minimum Gasteiger partial charge on any atom is -0.262 e. The van der Waals surface area contributed by atoms with Crippen LogP contribution in [0.25, 0.3) is 79.4 Å². The highest BCUT2D eigenvalue weighted by atomic mass is 14.8. The van der Waals surface area contributed by atoms with Crippen LogP contribution in [0.5, 0.6) is 0 Å². The van der Waals surface area contributed by atoms with Gasteiger partial charge in [0, 0.05) is 16.2 Å². The maximum Gasteiger partial charge on any atom is 0.202 e. The quantitative estimate of drug-likeness (QED) is 0.111. The van der Waals surface area contributed by atoms with Gasteiger partial charge in [-0.25, -0.2) is 9.97 Å². The molecule has 1 aromatic heterocycles. The molecule has 8 nitrogen and oxygen atoms in total. The van der Waals surface area contributed by atoms with Crippen molar-refractivity contribution in [2.75, 3.05) is 0 Å². The Hall–Kier alpha value is -7.10. The van der Waals surface area contributed by atoms with Gasteiger partial charge in [0.15, 0.2) is 17.1 Å². The maximum atomic E-state index is 10.1. The summed E-state index contributed by atoms with van der Waals surface area (Å²) < 4.78 is 0. The van der Waals surface area contributed by atoms with Crippen molar-refractivity contribution in [1.29, 1.82) is 15.8 Å². The second-order valence-corrected chi connectivity index (χ2v) is 9.49. The Bertz CT molecular complexity index is 2700. The number of nitriles is 3. The second-order valence-electron chi connectivity index (χ2n) is 9.49. The van der Waals surface area contributed by atoms with Gasteiger partial charge in [-0.3, -0.25) is 14.5 Å². The van der Waals surface area contributed by atoms with Crippen LogP contribution in [0, 0.1) is 53.7 Å². The summed E-state index contributed by atoms with van der Waals surface area (Å²) in [6, 6.07) is 25.2. The normalized spacial score (nSPS) is 10.7. The van der Waals surface area contributed by atoms with E-state index in [0.29, 0.717) is 32.6 Å². The lowest BCUT2D eigenvalue weighted by Gasteiger charge is -2.17. The molecule has 0 saturated heterocycles. The molecule has 0 atom stereocenters. The summed E-state index contributed by atoms with van der Waals surface area (Å²) >= 11 is 0. The molecule has 0 saturated carbocycles. The molecule has 0 N–H and O–H groups in total. The van der Waals surface area contributed by atoms with E-state index in [4.69, 9.17) is 19.7 Å². The molecule has 0 spiro atoms. The first kappa shape index (κ1) is 24.0. The van der Waals surface area contributed by atoms with Gasteiger partial charge in [-0.1, -0.05) is 54.6 Å². The van der Waals surface area contributed by atoms with E-state index >= 15 is 0 Å². The molecule has 7 aromatic rings. The van der Waals surface area contributed by atoms with Crippen molar-refractivity contribution in [3.8, 4) is 18.2 Å². The third-order valence-electron chi connectivity index (χ3n) is 7.62. The molecule has 0 unspecified atom stereocenters. The zero-order valence-corrected chi connectivity index (χ0v) is 21.4. The van der Waals surface area contributed by atoms with Crippen LogP contribution >= 0.6 is 0 Å². The largest absolute Gasteiger partial charge is 0.262 e. The van der Waals surface area contributed by atoms with Crippen LogP contribution in [0.15, 0.2) is 60.7 Å².